The summed E-state index contributed by atoms with van der Waals surface area (Å²) in [6.07, 6.45) is -15.9. The molecule has 2 aromatic carbocycles. The molecule has 2 fully saturated rings. The number of methoxy groups -OCH3 is 4. The molecule has 0 bridgehead atoms. The summed E-state index contributed by atoms with van der Waals surface area (Å²) >= 11 is 0. The highest BCUT2D eigenvalue weighted by atomic mass is 16.7. The second kappa shape index (κ2) is 16.8. The third-order valence-electron chi connectivity index (χ3n) is 10.1. The molecule has 13 unspecified atom stereocenters. The fourth-order valence-corrected chi connectivity index (χ4v) is 7.21. The minimum absolute atomic E-state index is 0.0729. The number of phenolic OH excluding ortho intramolecular Hbond substituents is 2. The molecule has 5 rings (SSSR count). The summed E-state index contributed by atoms with van der Waals surface area (Å²) < 4.78 is 44.7. The smallest absolute Gasteiger partial charge is 0.201 e. The number of hydrogen-bond acceptors (Lipinski definition) is 18. The monoisotopic (exact) mass is 744 g/mol. The SMILES string of the molecule is COc1cc(C2c3c(cc(OC)c(O)c3OC)CC(CO)C2COC2OC(COC3OC(CO)C(O)C(O)C3O)C(O)C(O)C2O)cc(OC)c1O. The third-order valence-corrected chi connectivity index (χ3v) is 10.1. The predicted molar refractivity (Wildman–Crippen MR) is 174 cm³/mol. The van der Waals surface area contributed by atoms with E-state index in [0.717, 1.165) is 0 Å². The first kappa shape index (κ1) is 40.0. The quantitative estimate of drug-likeness (QED) is 0.103. The molecule has 13 atom stereocenters. The lowest BCUT2D eigenvalue weighted by Gasteiger charge is -2.44. The second-order valence-electron chi connectivity index (χ2n) is 13.0. The molecule has 0 radical (unpaired) electrons. The number of hydrogen-bond donors (Lipinski definition) is 10. The van der Waals surface area contributed by atoms with Crippen molar-refractivity contribution in [3.8, 4) is 34.5 Å². The molecular formula is C34H48O18. The zero-order valence-electron chi connectivity index (χ0n) is 29.0. The average Bonchev–Trinajstić information content (AvgIpc) is 3.15. The molecule has 2 aliphatic heterocycles. The van der Waals surface area contributed by atoms with Gasteiger partial charge in [0.1, 0.15) is 48.8 Å². The van der Waals surface area contributed by atoms with E-state index in [9.17, 15) is 51.1 Å². The highest BCUT2D eigenvalue weighted by Gasteiger charge is 2.49. The standard InChI is InChI=1S/C34H48O18/c1-45-17-7-14(8-18(46-2)24(17)37)22-16(15(9-35)5-13-6-19(47-3)27(40)32(48-4)23(13)22)11-49-33-31(44)29(42)26(39)21(52-33)12-50-34-30(43)28(41)25(38)20(10-36)51-34/h6-8,15-16,20-22,25-26,28-31,33-44H,5,9-12H2,1-4H3. The Kier molecular flexibility index (Phi) is 12.9. The van der Waals surface area contributed by atoms with Crippen molar-refractivity contribution < 1.29 is 89.0 Å². The van der Waals surface area contributed by atoms with E-state index in [4.69, 9.17) is 37.9 Å². The lowest BCUT2D eigenvalue weighted by atomic mass is 9.66. The van der Waals surface area contributed by atoms with Gasteiger partial charge >= 0.3 is 0 Å². The van der Waals surface area contributed by atoms with E-state index in [0.29, 0.717) is 16.7 Å². The first-order valence-corrected chi connectivity index (χ1v) is 16.6. The van der Waals surface area contributed by atoms with E-state index >= 15 is 0 Å². The topological polar surface area (TPSA) is 276 Å². The number of aromatic hydroxyl groups is 2. The zero-order chi connectivity index (χ0) is 38.0. The summed E-state index contributed by atoms with van der Waals surface area (Å²) in [5.41, 5.74) is 1.70. The van der Waals surface area contributed by atoms with Gasteiger partial charge in [0.2, 0.25) is 11.5 Å². The largest absolute Gasteiger partial charge is 0.502 e. The van der Waals surface area contributed by atoms with E-state index < -0.39 is 92.4 Å². The van der Waals surface area contributed by atoms with Crippen LogP contribution in [0.5, 0.6) is 34.5 Å². The molecule has 1 aliphatic carbocycles. The van der Waals surface area contributed by atoms with Crippen LogP contribution in [-0.4, -0.2) is 167 Å². The molecule has 52 heavy (non-hydrogen) atoms. The van der Waals surface area contributed by atoms with Crippen LogP contribution < -0.4 is 18.9 Å². The Hall–Kier alpha value is -3.24. The van der Waals surface area contributed by atoms with E-state index in [1.54, 1.807) is 18.2 Å². The Morgan fingerprint density at radius 2 is 1.13 bits per heavy atom. The Morgan fingerprint density at radius 1 is 0.615 bits per heavy atom. The van der Waals surface area contributed by atoms with E-state index in [2.05, 4.69) is 0 Å². The lowest BCUT2D eigenvalue weighted by molar-refractivity contribution is -0.332. The Bertz CT molecular complexity index is 1480. The maximum atomic E-state index is 11.1. The molecule has 0 aromatic heterocycles. The van der Waals surface area contributed by atoms with Gasteiger partial charge in [-0.1, -0.05) is 0 Å². The minimum Gasteiger partial charge on any atom is -0.502 e. The van der Waals surface area contributed by atoms with E-state index in [1.165, 1.54) is 28.4 Å². The molecule has 2 aromatic rings. The van der Waals surface area contributed by atoms with Crippen molar-refractivity contribution in [2.75, 3.05) is 54.9 Å². The Morgan fingerprint density at radius 3 is 1.65 bits per heavy atom. The van der Waals surface area contributed by atoms with Crippen molar-refractivity contribution >= 4 is 0 Å². The summed E-state index contributed by atoms with van der Waals surface area (Å²) in [4.78, 5) is 0. The first-order chi connectivity index (χ1) is 24.8. The van der Waals surface area contributed by atoms with Crippen molar-refractivity contribution in [3.05, 3.63) is 34.9 Å². The number of rotatable bonds is 13. The van der Waals surface area contributed by atoms with Gasteiger partial charge in [-0.15, -0.1) is 0 Å². The molecule has 2 saturated heterocycles. The molecule has 0 spiro atoms. The van der Waals surface area contributed by atoms with Gasteiger partial charge in [-0.25, -0.2) is 0 Å². The van der Waals surface area contributed by atoms with Gasteiger partial charge < -0.3 is 89.0 Å². The number of phenols is 2. The summed E-state index contributed by atoms with van der Waals surface area (Å²) in [6.45, 7) is -1.84. The predicted octanol–water partition coefficient (Wildman–Crippen LogP) is -2.31. The van der Waals surface area contributed by atoms with Gasteiger partial charge in [0, 0.05) is 18.1 Å². The van der Waals surface area contributed by atoms with Crippen LogP contribution in [-0.2, 0) is 25.4 Å². The Labute approximate surface area is 298 Å². The fraction of sp³-hybridized carbons (Fsp3) is 0.647. The van der Waals surface area contributed by atoms with Crippen LogP contribution in [0.2, 0.25) is 0 Å². The van der Waals surface area contributed by atoms with Crippen LogP contribution in [0.25, 0.3) is 0 Å². The molecule has 18 nitrogen and oxygen atoms in total. The molecule has 2 heterocycles. The fourth-order valence-electron chi connectivity index (χ4n) is 7.21. The van der Waals surface area contributed by atoms with Crippen molar-refractivity contribution in [3.63, 3.8) is 0 Å². The van der Waals surface area contributed by atoms with Crippen LogP contribution in [0.4, 0.5) is 0 Å². The molecule has 0 saturated carbocycles. The maximum Gasteiger partial charge on any atom is 0.201 e. The summed E-state index contributed by atoms with van der Waals surface area (Å²) in [5.74, 6) is -2.10. The molecule has 292 valence electrons. The highest BCUT2D eigenvalue weighted by Crippen LogP contribution is 2.54. The van der Waals surface area contributed by atoms with Gasteiger partial charge in [-0.3, -0.25) is 0 Å². The minimum atomic E-state index is -1.80. The van der Waals surface area contributed by atoms with Crippen LogP contribution in [0.3, 0.4) is 0 Å². The van der Waals surface area contributed by atoms with Crippen LogP contribution >= 0.6 is 0 Å². The number of benzene rings is 2. The molecule has 3 aliphatic rings. The maximum absolute atomic E-state index is 11.1. The van der Waals surface area contributed by atoms with Crippen molar-refractivity contribution in [1.82, 2.24) is 0 Å². The first-order valence-electron chi connectivity index (χ1n) is 16.6. The number of aliphatic hydroxyl groups excluding tert-OH is 8. The third kappa shape index (κ3) is 7.43. The highest BCUT2D eigenvalue weighted by molar-refractivity contribution is 5.64. The van der Waals surface area contributed by atoms with Crippen molar-refractivity contribution in [2.45, 2.75) is 73.8 Å². The van der Waals surface area contributed by atoms with Gasteiger partial charge in [0.15, 0.2) is 35.6 Å². The van der Waals surface area contributed by atoms with E-state index in [-0.39, 0.29) is 54.1 Å². The summed E-state index contributed by atoms with van der Waals surface area (Å²) in [6, 6.07) is 4.77. The zero-order valence-corrected chi connectivity index (χ0v) is 29.0. The Balaban J connectivity index is 1.46. The van der Waals surface area contributed by atoms with Crippen LogP contribution in [0, 0.1) is 11.8 Å². The van der Waals surface area contributed by atoms with Gasteiger partial charge in [-0.05, 0) is 47.6 Å². The number of ether oxygens (including phenoxy) is 8. The lowest BCUT2D eigenvalue weighted by Crippen LogP contribution is -2.61. The van der Waals surface area contributed by atoms with Crippen molar-refractivity contribution in [2.24, 2.45) is 11.8 Å². The summed E-state index contributed by atoms with van der Waals surface area (Å²) in [7, 11) is 5.49. The molecule has 10 N–H and O–H groups in total. The molecule has 18 heteroatoms. The number of fused-ring (bicyclic) bond motifs is 1. The summed E-state index contributed by atoms with van der Waals surface area (Å²) in [5, 5.41) is 105. The van der Waals surface area contributed by atoms with Gasteiger partial charge in [0.25, 0.3) is 0 Å². The normalized spacial score (nSPS) is 34.7. The van der Waals surface area contributed by atoms with Gasteiger partial charge in [0.05, 0.1) is 48.3 Å². The van der Waals surface area contributed by atoms with E-state index in [1.807, 2.05) is 0 Å². The van der Waals surface area contributed by atoms with Gasteiger partial charge in [-0.2, -0.15) is 0 Å². The number of aliphatic hydroxyl groups is 8. The molecular weight excluding hydrogens is 696 g/mol. The van der Waals surface area contributed by atoms with Crippen molar-refractivity contribution in [1.29, 1.82) is 0 Å². The second-order valence-corrected chi connectivity index (χ2v) is 13.0. The molecule has 0 amide bonds. The van der Waals surface area contributed by atoms with Crippen LogP contribution in [0.1, 0.15) is 22.6 Å². The average molecular weight is 745 g/mol. The van der Waals surface area contributed by atoms with Crippen LogP contribution in [0.15, 0.2) is 18.2 Å².